The predicted octanol–water partition coefficient (Wildman–Crippen LogP) is 0.176. The Bertz CT molecular complexity index is 605. The summed E-state index contributed by atoms with van der Waals surface area (Å²) in [5.41, 5.74) is 5.93. The van der Waals surface area contributed by atoms with E-state index >= 15 is 0 Å². The van der Waals surface area contributed by atoms with Crippen LogP contribution >= 0.6 is 0 Å². The molecule has 3 N–H and O–H groups in total. The van der Waals surface area contributed by atoms with Gasteiger partial charge in [-0.15, -0.1) is 5.10 Å². The number of aromatic nitrogens is 3. The molecule has 2 rings (SSSR count). The molecule has 1 heterocycles. The van der Waals surface area contributed by atoms with Crippen LogP contribution in [0.5, 0.6) is 0 Å². The maximum Gasteiger partial charge on any atom is 0.338 e. The molecule has 1 atom stereocenters. The highest BCUT2D eigenvalue weighted by Gasteiger charge is 2.19. The van der Waals surface area contributed by atoms with Crippen LogP contribution in [0.1, 0.15) is 23.3 Å². The fourth-order valence-electron chi connectivity index (χ4n) is 1.54. The summed E-state index contributed by atoms with van der Waals surface area (Å²) < 4.78 is 1.31. The second-order valence-corrected chi connectivity index (χ2v) is 3.59. The van der Waals surface area contributed by atoms with Gasteiger partial charge in [0.05, 0.1) is 11.1 Å². The maximum absolute atomic E-state index is 11.1. The quantitative estimate of drug-likeness (QED) is 0.786. The molecule has 1 aromatic carbocycles. The number of amides is 1. The third kappa shape index (κ3) is 1.71. The smallest absolute Gasteiger partial charge is 0.338 e. The highest BCUT2D eigenvalue weighted by Crippen LogP contribution is 2.19. The molecule has 0 saturated carbocycles. The lowest BCUT2D eigenvalue weighted by Crippen LogP contribution is -2.24. The number of carbonyl (C=O) groups is 2. The molecule has 2 aromatic rings. The minimum Gasteiger partial charge on any atom is -0.478 e. The lowest BCUT2D eigenvalue weighted by Gasteiger charge is -2.07. The molecule has 0 aliphatic carbocycles. The van der Waals surface area contributed by atoms with E-state index in [0.29, 0.717) is 5.52 Å². The van der Waals surface area contributed by atoms with Crippen LogP contribution in [0.3, 0.4) is 0 Å². The van der Waals surface area contributed by atoms with Crippen molar-refractivity contribution in [2.24, 2.45) is 5.73 Å². The standard InChI is InChI=1S/C10H10N4O3/c1-5(9(11)15)14-7-4-2-3-6(10(16)17)8(7)12-13-14/h2-5H,1H3,(H2,11,15)(H,16,17). The molecule has 1 amide bonds. The van der Waals surface area contributed by atoms with E-state index < -0.39 is 17.9 Å². The zero-order valence-electron chi connectivity index (χ0n) is 8.99. The van der Waals surface area contributed by atoms with E-state index in [-0.39, 0.29) is 11.1 Å². The van der Waals surface area contributed by atoms with Crippen molar-refractivity contribution >= 4 is 22.9 Å². The summed E-state index contributed by atoms with van der Waals surface area (Å²) in [5, 5.41) is 16.5. The Kier molecular flexibility index (Phi) is 2.51. The molecule has 0 fully saturated rings. The summed E-state index contributed by atoms with van der Waals surface area (Å²) in [4.78, 5) is 22.0. The van der Waals surface area contributed by atoms with Gasteiger partial charge in [0.25, 0.3) is 0 Å². The van der Waals surface area contributed by atoms with Crippen molar-refractivity contribution in [1.82, 2.24) is 15.0 Å². The highest BCUT2D eigenvalue weighted by molar-refractivity contribution is 6.00. The van der Waals surface area contributed by atoms with Gasteiger partial charge in [-0.25, -0.2) is 9.48 Å². The van der Waals surface area contributed by atoms with E-state index in [1.54, 1.807) is 19.1 Å². The third-order valence-electron chi connectivity index (χ3n) is 2.51. The number of nitrogens with two attached hydrogens (primary N) is 1. The lowest BCUT2D eigenvalue weighted by molar-refractivity contribution is -0.120. The van der Waals surface area contributed by atoms with Gasteiger partial charge in [0, 0.05) is 0 Å². The lowest BCUT2D eigenvalue weighted by atomic mass is 10.2. The van der Waals surface area contributed by atoms with Crippen LogP contribution < -0.4 is 5.73 Å². The van der Waals surface area contributed by atoms with Crippen LogP contribution in [0.15, 0.2) is 18.2 Å². The van der Waals surface area contributed by atoms with Crippen molar-refractivity contribution in [1.29, 1.82) is 0 Å². The van der Waals surface area contributed by atoms with Gasteiger partial charge in [0.2, 0.25) is 5.91 Å². The van der Waals surface area contributed by atoms with Gasteiger partial charge in [-0.05, 0) is 19.1 Å². The summed E-state index contributed by atoms with van der Waals surface area (Å²) in [6.07, 6.45) is 0. The number of carbonyl (C=O) groups excluding carboxylic acids is 1. The fraction of sp³-hybridized carbons (Fsp3) is 0.200. The van der Waals surface area contributed by atoms with Gasteiger partial charge in [-0.1, -0.05) is 11.3 Å². The first kappa shape index (κ1) is 11.1. The summed E-state index contributed by atoms with van der Waals surface area (Å²) >= 11 is 0. The Morgan fingerprint density at radius 3 is 2.76 bits per heavy atom. The average Bonchev–Trinajstić information content (AvgIpc) is 2.70. The third-order valence-corrected chi connectivity index (χ3v) is 2.51. The van der Waals surface area contributed by atoms with E-state index in [2.05, 4.69) is 10.3 Å². The van der Waals surface area contributed by atoms with E-state index in [4.69, 9.17) is 10.8 Å². The molecule has 0 spiro atoms. The molecule has 17 heavy (non-hydrogen) atoms. The van der Waals surface area contributed by atoms with E-state index in [9.17, 15) is 9.59 Å². The molecule has 0 radical (unpaired) electrons. The zero-order chi connectivity index (χ0) is 12.6. The number of hydrogen-bond acceptors (Lipinski definition) is 4. The number of benzene rings is 1. The van der Waals surface area contributed by atoms with Crippen molar-refractivity contribution in [2.45, 2.75) is 13.0 Å². The van der Waals surface area contributed by atoms with Crippen LogP contribution in [-0.2, 0) is 4.79 Å². The van der Waals surface area contributed by atoms with Crippen LogP contribution in [0.2, 0.25) is 0 Å². The topological polar surface area (TPSA) is 111 Å². The monoisotopic (exact) mass is 234 g/mol. The van der Waals surface area contributed by atoms with Crippen molar-refractivity contribution in [2.75, 3.05) is 0 Å². The molecular formula is C10H10N4O3. The normalized spacial score (nSPS) is 12.5. The van der Waals surface area contributed by atoms with Crippen LogP contribution in [0.25, 0.3) is 11.0 Å². The highest BCUT2D eigenvalue weighted by atomic mass is 16.4. The number of aromatic carboxylic acids is 1. The summed E-state index contributed by atoms with van der Waals surface area (Å²) in [5.74, 6) is -1.65. The second-order valence-electron chi connectivity index (χ2n) is 3.59. The zero-order valence-corrected chi connectivity index (χ0v) is 8.99. The first-order valence-electron chi connectivity index (χ1n) is 4.89. The van der Waals surface area contributed by atoms with Gasteiger partial charge in [-0.3, -0.25) is 4.79 Å². The maximum atomic E-state index is 11.1. The first-order valence-corrected chi connectivity index (χ1v) is 4.89. The molecule has 1 unspecified atom stereocenters. The number of hydrogen-bond donors (Lipinski definition) is 2. The van der Waals surface area contributed by atoms with Gasteiger partial charge in [0.15, 0.2) is 0 Å². The summed E-state index contributed by atoms with van der Waals surface area (Å²) in [7, 11) is 0. The fourth-order valence-corrected chi connectivity index (χ4v) is 1.54. The van der Waals surface area contributed by atoms with Crippen molar-refractivity contribution in [3.05, 3.63) is 23.8 Å². The van der Waals surface area contributed by atoms with E-state index in [1.807, 2.05) is 0 Å². The number of carboxylic acids is 1. The van der Waals surface area contributed by atoms with Crippen LogP contribution in [0.4, 0.5) is 0 Å². The Labute approximate surface area is 95.8 Å². The molecule has 88 valence electrons. The van der Waals surface area contributed by atoms with E-state index in [0.717, 1.165) is 0 Å². The average molecular weight is 234 g/mol. The van der Waals surface area contributed by atoms with Crippen molar-refractivity contribution < 1.29 is 14.7 Å². The Balaban J connectivity index is 2.66. The molecule has 7 heteroatoms. The molecule has 1 aromatic heterocycles. The van der Waals surface area contributed by atoms with Gasteiger partial charge in [0.1, 0.15) is 11.6 Å². The van der Waals surface area contributed by atoms with Crippen molar-refractivity contribution in [3.63, 3.8) is 0 Å². The number of primary amides is 1. The Morgan fingerprint density at radius 1 is 1.47 bits per heavy atom. The largest absolute Gasteiger partial charge is 0.478 e. The minimum absolute atomic E-state index is 0.0467. The van der Waals surface area contributed by atoms with Gasteiger partial charge in [-0.2, -0.15) is 0 Å². The molecule has 0 saturated heterocycles. The van der Waals surface area contributed by atoms with Crippen LogP contribution in [-0.4, -0.2) is 32.0 Å². The number of nitrogens with zero attached hydrogens (tertiary/aromatic N) is 3. The molecule has 0 bridgehead atoms. The molecule has 7 nitrogen and oxygen atoms in total. The molecular weight excluding hydrogens is 224 g/mol. The SMILES string of the molecule is CC(C(N)=O)n1nnc2c(C(=O)O)cccc21. The number of carboxylic acid groups (broad SMARTS) is 1. The summed E-state index contributed by atoms with van der Waals surface area (Å²) in [6.45, 7) is 1.57. The Hall–Kier alpha value is -2.44. The van der Waals surface area contributed by atoms with Crippen LogP contribution in [0, 0.1) is 0 Å². The van der Waals surface area contributed by atoms with E-state index in [1.165, 1.54) is 10.7 Å². The van der Waals surface area contributed by atoms with Crippen molar-refractivity contribution in [3.8, 4) is 0 Å². The minimum atomic E-state index is -1.09. The van der Waals surface area contributed by atoms with Gasteiger partial charge >= 0.3 is 5.97 Å². The number of rotatable bonds is 3. The Morgan fingerprint density at radius 2 is 2.18 bits per heavy atom. The summed E-state index contributed by atoms with van der Waals surface area (Å²) in [6, 6.07) is 3.96. The molecule has 0 aliphatic heterocycles. The molecule has 0 aliphatic rings. The number of fused-ring (bicyclic) bond motifs is 1. The first-order chi connectivity index (χ1) is 8.02. The predicted molar refractivity (Wildman–Crippen MR) is 58.4 cm³/mol. The van der Waals surface area contributed by atoms with Gasteiger partial charge < -0.3 is 10.8 Å². The second kappa shape index (κ2) is 3.85.